The van der Waals surface area contributed by atoms with Gasteiger partial charge in [0.2, 0.25) is 0 Å². The summed E-state index contributed by atoms with van der Waals surface area (Å²) in [6.45, 7) is 1.64. The highest BCUT2D eigenvalue weighted by molar-refractivity contribution is 7.92. The quantitative estimate of drug-likeness (QED) is 0.855. The van der Waals surface area contributed by atoms with Crippen LogP contribution in [0.15, 0.2) is 41.3 Å². The van der Waals surface area contributed by atoms with Gasteiger partial charge in [-0.3, -0.25) is 4.72 Å². The standard InChI is InChI=1S/C13H12ClFN2O2S/c1-8-6-9(16)2-5-13(8)20(18,19)17-10-3-4-12(15)11(14)7-10/h2-7,17H,16H2,1H3. The van der Waals surface area contributed by atoms with Gasteiger partial charge < -0.3 is 5.73 Å². The normalized spacial score (nSPS) is 11.3. The van der Waals surface area contributed by atoms with Crippen molar-refractivity contribution >= 4 is 33.0 Å². The number of nitrogens with two attached hydrogens (primary N) is 1. The van der Waals surface area contributed by atoms with Crippen molar-refractivity contribution in [1.82, 2.24) is 0 Å². The molecular formula is C13H12ClFN2O2S. The number of halogens is 2. The zero-order valence-corrected chi connectivity index (χ0v) is 12.1. The first-order valence-electron chi connectivity index (χ1n) is 5.63. The van der Waals surface area contributed by atoms with E-state index in [1.54, 1.807) is 13.0 Å². The Hall–Kier alpha value is -1.79. The first-order chi connectivity index (χ1) is 9.29. The number of rotatable bonds is 3. The molecule has 0 aliphatic heterocycles. The number of aryl methyl sites for hydroxylation is 1. The summed E-state index contributed by atoms with van der Waals surface area (Å²) in [5.41, 5.74) is 6.77. The molecule has 0 radical (unpaired) electrons. The zero-order chi connectivity index (χ0) is 14.9. The zero-order valence-electron chi connectivity index (χ0n) is 10.5. The van der Waals surface area contributed by atoms with Crippen LogP contribution in [0.4, 0.5) is 15.8 Å². The number of nitrogen functional groups attached to an aromatic ring is 1. The molecule has 0 saturated heterocycles. The number of benzene rings is 2. The van der Waals surface area contributed by atoms with Crippen LogP contribution < -0.4 is 10.5 Å². The summed E-state index contributed by atoms with van der Waals surface area (Å²) in [7, 11) is -3.78. The van der Waals surface area contributed by atoms with Crippen LogP contribution in [0.5, 0.6) is 0 Å². The van der Waals surface area contributed by atoms with Gasteiger partial charge in [-0.05, 0) is 48.9 Å². The minimum Gasteiger partial charge on any atom is -0.399 e. The van der Waals surface area contributed by atoms with Gasteiger partial charge in [0, 0.05) is 5.69 Å². The minimum absolute atomic E-state index is 0.104. The minimum atomic E-state index is -3.78. The third-order valence-corrected chi connectivity index (χ3v) is 4.49. The maximum atomic E-state index is 13.0. The van der Waals surface area contributed by atoms with Gasteiger partial charge in [-0.1, -0.05) is 11.6 Å². The van der Waals surface area contributed by atoms with E-state index in [-0.39, 0.29) is 15.6 Å². The lowest BCUT2D eigenvalue weighted by molar-refractivity contribution is 0.600. The topological polar surface area (TPSA) is 72.2 Å². The third kappa shape index (κ3) is 3.02. The smallest absolute Gasteiger partial charge is 0.262 e. The lowest BCUT2D eigenvalue weighted by atomic mass is 10.2. The molecule has 0 aromatic heterocycles. The monoisotopic (exact) mass is 314 g/mol. The largest absolute Gasteiger partial charge is 0.399 e. The Kier molecular flexibility index (Phi) is 3.87. The number of nitrogens with one attached hydrogen (secondary N) is 1. The van der Waals surface area contributed by atoms with Crippen molar-refractivity contribution in [3.63, 3.8) is 0 Å². The number of hydrogen-bond acceptors (Lipinski definition) is 3. The highest BCUT2D eigenvalue weighted by Gasteiger charge is 2.17. The van der Waals surface area contributed by atoms with Gasteiger partial charge in [-0.25, -0.2) is 12.8 Å². The second kappa shape index (κ2) is 5.30. The van der Waals surface area contributed by atoms with E-state index in [2.05, 4.69) is 4.72 Å². The van der Waals surface area contributed by atoms with Gasteiger partial charge >= 0.3 is 0 Å². The van der Waals surface area contributed by atoms with E-state index < -0.39 is 15.8 Å². The molecule has 0 amide bonds. The molecule has 0 bridgehead atoms. The molecule has 106 valence electrons. The van der Waals surface area contributed by atoms with Crippen molar-refractivity contribution in [2.24, 2.45) is 0 Å². The van der Waals surface area contributed by atoms with Gasteiger partial charge in [0.25, 0.3) is 10.0 Å². The fourth-order valence-electron chi connectivity index (χ4n) is 1.74. The molecule has 3 N–H and O–H groups in total. The van der Waals surface area contributed by atoms with E-state index in [1.807, 2.05) is 0 Å². The van der Waals surface area contributed by atoms with E-state index >= 15 is 0 Å². The molecule has 2 aromatic rings. The maximum Gasteiger partial charge on any atom is 0.262 e. The van der Waals surface area contributed by atoms with E-state index in [1.165, 1.54) is 24.3 Å². The Labute approximate surface area is 121 Å². The summed E-state index contributed by atoms with van der Waals surface area (Å²) in [4.78, 5) is 0.104. The van der Waals surface area contributed by atoms with Crippen LogP contribution in [0.2, 0.25) is 5.02 Å². The second-order valence-corrected chi connectivity index (χ2v) is 6.32. The van der Waals surface area contributed by atoms with E-state index in [4.69, 9.17) is 17.3 Å². The predicted molar refractivity (Wildman–Crippen MR) is 77.8 cm³/mol. The Balaban J connectivity index is 2.38. The van der Waals surface area contributed by atoms with Crippen molar-refractivity contribution in [2.45, 2.75) is 11.8 Å². The predicted octanol–water partition coefficient (Wildman–Crippen LogP) is 3.17. The Morgan fingerprint density at radius 1 is 1.20 bits per heavy atom. The Bertz CT molecular complexity index is 763. The summed E-state index contributed by atoms with van der Waals surface area (Å²) < 4.78 is 39.9. The van der Waals surface area contributed by atoms with Gasteiger partial charge in [0.1, 0.15) is 5.82 Å². The van der Waals surface area contributed by atoms with Crippen LogP contribution in [-0.2, 0) is 10.0 Å². The molecule has 0 fully saturated rings. The average Bonchev–Trinajstić information content (AvgIpc) is 2.33. The van der Waals surface area contributed by atoms with Gasteiger partial charge in [0.15, 0.2) is 0 Å². The third-order valence-electron chi connectivity index (χ3n) is 2.66. The summed E-state index contributed by atoms with van der Waals surface area (Å²) in [6, 6.07) is 8.08. The first-order valence-corrected chi connectivity index (χ1v) is 7.50. The van der Waals surface area contributed by atoms with Gasteiger partial charge in [-0.2, -0.15) is 0 Å². The fourth-order valence-corrected chi connectivity index (χ4v) is 3.20. The summed E-state index contributed by atoms with van der Waals surface area (Å²) in [5, 5.41) is -0.153. The van der Waals surface area contributed by atoms with Crippen LogP contribution >= 0.6 is 11.6 Å². The first kappa shape index (κ1) is 14.6. The fraction of sp³-hybridized carbons (Fsp3) is 0.0769. The van der Waals surface area contributed by atoms with Crippen molar-refractivity contribution in [3.8, 4) is 0 Å². The van der Waals surface area contributed by atoms with Crippen molar-refractivity contribution < 1.29 is 12.8 Å². The van der Waals surface area contributed by atoms with Gasteiger partial charge in [-0.15, -0.1) is 0 Å². The van der Waals surface area contributed by atoms with E-state index in [0.717, 1.165) is 6.07 Å². The summed E-state index contributed by atoms with van der Waals surface area (Å²) >= 11 is 5.61. The highest BCUT2D eigenvalue weighted by Crippen LogP contribution is 2.24. The second-order valence-electron chi connectivity index (χ2n) is 4.26. The van der Waals surface area contributed by atoms with Crippen LogP contribution in [0.3, 0.4) is 0 Å². The number of hydrogen-bond donors (Lipinski definition) is 2. The molecule has 0 unspecified atom stereocenters. The van der Waals surface area contributed by atoms with Crippen LogP contribution in [0.25, 0.3) is 0 Å². The molecule has 20 heavy (non-hydrogen) atoms. The van der Waals surface area contributed by atoms with Gasteiger partial charge in [0.05, 0.1) is 15.6 Å². The molecule has 2 rings (SSSR count). The average molecular weight is 315 g/mol. The van der Waals surface area contributed by atoms with Crippen molar-refractivity contribution in [2.75, 3.05) is 10.5 Å². The lowest BCUT2D eigenvalue weighted by Gasteiger charge is -2.11. The van der Waals surface area contributed by atoms with Crippen LogP contribution in [-0.4, -0.2) is 8.42 Å². The molecule has 0 atom stereocenters. The Morgan fingerprint density at radius 2 is 1.90 bits per heavy atom. The Morgan fingerprint density at radius 3 is 2.50 bits per heavy atom. The molecule has 0 heterocycles. The maximum absolute atomic E-state index is 13.0. The SMILES string of the molecule is Cc1cc(N)ccc1S(=O)(=O)Nc1ccc(F)c(Cl)c1. The highest BCUT2D eigenvalue weighted by atomic mass is 35.5. The van der Waals surface area contributed by atoms with Crippen LogP contribution in [0.1, 0.15) is 5.56 Å². The number of sulfonamides is 1. The number of anilines is 2. The van der Waals surface area contributed by atoms with Crippen molar-refractivity contribution in [1.29, 1.82) is 0 Å². The lowest BCUT2D eigenvalue weighted by Crippen LogP contribution is -2.14. The van der Waals surface area contributed by atoms with E-state index in [0.29, 0.717) is 11.3 Å². The molecule has 0 saturated carbocycles. The van der Waals surface area contributed by atoms with Crippen molar-refractivity contribution in [3.05, 3.63) is 52.8 Å². The molecular weight excluding hydrogens is 303 g/mol. The molecule has 0 aliphatic rings. The molecule has 0 aliphatic carbocycles. The van der Waals surface area contributed by atoms with Crippen LogP contribution in [0, 0.1) is 12.7 Å². The summed E-state index contributed by atoms with van der Waals surface area (Å²) in [5.74, 6) is -0.613. The van der Waals surface area contributed by atoms with E-state index in [9.17, 15) is 12.8 Å². The molecule has 0 spiro atoms. The summed E-state index contributed by atoms with van der Waals surface area (Å²) in [6.07, 6.45) is 0. The molecule has 7 heteroatoms. The molecule has 2 aromatic carbocycles. The molecule has 4 nitrogen and oxygen atoms in total.